The van der Waals surface area contributed by atoms with Crippen molar-refractivity contribution in [2.45, 2.75) is 24.4 Å². The second kappa shape index (κ2) is 5.78. The molecule has 0 aliphatic rings. The average molecular weight is 316 g/mol. The Hall–Kier alpha value is -2.00. The zero-order valence-corrected chi connectivity index (χ0v) is 11.9. The summed E-state index contributed by atoms with van der Waals surface area (Å²) in [7, 11) is -4.15. The molecule has 1 aromatic heterocycles. The molecule has 1 aromatic carbocycles. The van der Waals surface area contributed by atoms with Gasteiger partial charge in [-0.25, -0.2) is 21.9 Å². The summed E-state index contributed by atoms with van der Waals surface area (Å²) in [5.41, 5.74) is 4.84. The summed E-state index contributed by atoms with van der Waals surface area (Å²) in [5, 5.41) is 3.94. The van der Waals surface area contributed by atoms with Gasteiger partial charge in [0.15, 0.2) is 0 Å². The predicted octanol–water partition coefficient (Wildman–Crippen LogP) is 1.11. The number of hydrogen-bond acceptors (Lipinski definition) is 4. The lowest BCUT2D eigenvalue weighted by Gasteiger charge is -2.15. The van der Waals surface area contributed by atoms with E-state index in [4.69, 9.17) is 5.73 Å². The van der Waals surface area contributed by atoms with Crippen LogP contribution in [0.1, 0.15) is 6.92 Å². The molecule has 0 bridgehead atoms. The van der Waals surface area contributed by atoms with Gasteiger partial charge in [0, 0.05) is 24.5 Å². The van der Waals surface area contributed by atoms with Crippen molar-refractivity contribution in [3.8, 4) is 0 Å². The maximum Gasteiger partial charge on any atom is 0.243 e. The van der Waals surface area contributed by atoms with Crippen LogP contribution in [-0.4, -0.2) is 24.2 Å². The van der Waals surface area contributed by atoms with Crippen LogP contribution in [0, 0.1) is 11.6 Å². The number of hydrogen-bond donors (Lipinski definition) is 2. The number of nitrogen functional groups attached to an aromatic ring is 1. The third-order valence-electron chi connectivity index (χ3n) is 2.72. The summed E-state index contributed by atoms with van der Waals surface area (Å²) in [6, 6.07) is 2.36. The second-order valence-electron chi connectivity index (χ2n) is 4.55. The number of anilines is 1. The van der Waals surface area contributed by atoms with Gasteiger partial charge in [-0.05, 0) is 19.1 Å². The molecule has 6 nitrogen and oxygen atoms in total. The van der Waals surface area contributed by atoms with Crippen molar-refractivity contribution in [2.75, 3.05) is 5.73 Å². The molecule has 0 fully saturated rings. The van der Waals surface area contributed by atoms with Gasteiger partial charge in [0.25, 0.3) is 0 Å². The average Bonchev–Trinajstić information content (AvgIpc) is 2.85. The fourth-order valence-corrected chi connectivity index (χ4v) is 3.13. The van der Waals surface area contributed by atoms with Crippen molar-refractivity contribution < 1.29 is 17.2 Å². The largest absolute Gasteiger partial charge is 0.396 e. The summed E-state index contributed by atoms with van der Waals surface area (Å²) in [6.45, 7) is 1.87. The number of nitrogens with zero attached hydrogens (tertiary/aromatic N) is 2. The highest BCUT2D eigenvalue weighted by atomic mass is 32.2. The van der Waals surface area contributed by atoms with E-state index >= 15 is 0 Å². The van der Waals surface area contributed by atoms with Crippen LogP contribution in [-0.2, 0) is 16.6 Å². The highest BCUT2D eigenvalue weighted by Crippen LogP contribution is 2.21. The molecule has 3 N–H and O–H groups in total. The maximum absolute atomic E-state index is 13.6. The highest BCUT2D eigenvalue weighted by Gasteiger charge is 2.23. The predicted molar refractivity (Wildman–Crippen MR) is 72.8 cm³/mol. The number of nitrogens with two attached hydrogens (primary N) is 1. The zero-order valence-electron chi connectivity index (χ0n) is 11.1. The Morgan fingerprint density at radius 1 is 1.38 bits per heavy atom. The minimum Gasteiger partial charge on any atom is -0.396 e. The van der Waals surface area contributed by atoms with Gasteiger partial charge in [-0.3, -0.25) is 4.68 Å². The standard InChI is InChI=1S/C12H14F2N4O2S/c1-8(7-18-4-2-3-16-18)17-21(19,20)12-6-11(15)9(13)5-10(12)14/h2-6,8,17H,7,15H2,1H3. The third-order valence-corrected chi connectivity index (χ3v) is 4.32. The first kappa shape index (κ1) is 15.4. The van der Waals surface area contributed by atoms with Crippen LogP contribution in [0.5, 0.6) is 0 Å². The van der Waals surface area contributed by atoms with E-state index < -0.39 is 38.3 Å². The summed E-state index contributed by atoms with van der Waals surface area (Å²) in [6.07, 6.45) is 3.23. The molecular weight excluding hydrogens is 302 g/mol. The second-order valence-corrected chi connectivity index (χ2v) is 6.24. The minimum atomic E-state index is -4.15. The van der Waals surface area contributed by atoms with E-state index in [1.165, 1.54) is 4.68 Å². The van der Waals surface area contributed by atoms with Crippen LogP contribution in [0.3, 0.4) is 0 Å². The molecule has 2 aromatic rings. The molecule has 1 atom stereocenters. The van der Waals surface area contributed by atoms with E-state index in [1.54, 1.807) is 25.4 Å². The van der Waals surface area contributed by atoms with Gasteiger partial charge in [-0.15, -0.1) is 0 Å². The van der Waals surface area contributed by atoms with E-state index in [2.05, 4.69) is 9.82 Å². The zero-order chi connectivity index (χ0) is 15.6. The van der Waals surface area contributed by atoms with Gasteiger partial charge < -0.3 is 5.73 Å². The summed E-state index contributed by atoms with van der Waals surface area (Å²) in [5.74, 6) is -2.20. The summed E-state index contributed by atoms with van der Waals surface area (Å²) >= 11 is 0. The fraction of sp³-hybridized carbons (Fsp3) is 0.250. The Balaban J connectivity index is 2.20. The topological polar surface area (TPSA) is 90.0 Å². The number of aromatic nitrogens is 2. The number of benzene rings is 1. The van der Waals surface area contributed by atoms with Crippen LogP contribution in [0.4, 0.5) is 14.5 Å². The van der Waals surface area contributed by atoms with E-state index in [-0.39, 0.29) is 6.54 Å². The Kier molecular flexibility index (Phi) is 4.24. The summed E-state index contributed by atoms with van der Waals surface area (Å²) < 4.78 is 54.7. The van der Waals surface area contributed by atoms with Gasteiger partial charge >= 0.3 is 0 Å². The Morgan fingerprint density at radius 2 is 2.10 bits per heavy atom. The molecule has 9 heteroatoms. The molecule has 114 valence electrons. The van der Waals surface area contributed by atoms with E-state index in [0.717, 1.165) is 6.07 Å². The lowest BCUT2D eigenvalue weighted by molar-refractivity contribution is 0.489. The molecule has 1 unspecified atom stereocenters. The number of nitrogens with one attached hydrogen (secondary N) is 1. The minimum absolute atomic E-state index is 0.268. The van der Waals surface area contributed by atoms with Crippen LogP contribution < -0.4 is 10.5 Å². The van der Waals surface area contributed by atoms with Crippen molar-refractivity contribution in [3.63, 3.8) is 0 Å². The Morgan fingerprint density at radius 3 is 2.71 bits per heavy atom. The summed E-state index contributed by atoms with van der Waals surface area (Å²) in [4.78, 5) is -0.686. The normalized spacial score (nSPS) is 13.3. The molecule has 0 radical (unpaired) electrons. The van der Waals surface area contributed by atoms with E-state index in [9.17, 15) is 17.2 Å². The van der Waals surface area contributed by atoms with E-state index in [0.29, 0.717) is 6.07 Å². The molecule has 0 aliphatic heterocycles. The lowest BCUT2D eigenvalue weighted by atomic mass is 10.3. The van der Waals surface area contributed by atoms with Crippen molar-refractivity contribution in [2.24, 2.45) is 0 Å². The van der Waals surface area contributed by atoms with Crippen molar-refractivity contribution >= 4 is 15.7 Å². The van der Waals surface area contributed by atoms with E-state index in [1.807, 2.05) is 0 Å². The lowest BCUT2D eigenvalue weighted by Crippen LogP contribution is -2.36. The molecule has 0 spiro atoms. The monoisotopic (exact) mass is 316 g/mol. The molecule has 0 saturated carbocycles. The third kappa shape index (κ3) is 3.56. The van der Waals surface area contributed by atoms with Gasteiger partial charge in [0.2, 0.25) is 10.0 Å². The fourth-order valence-electron chi connectivity index (χ4n) is 1.81. The highest BCUT2D eigenvalue weighted by molar-refractivity contribution is 7.89. The smallest absolute Gasteiger partial charge is 0.243 e. The first-order chi connectivity index (χ1) is 9.79. The van der Waals surface area contributed by atoms with Crippen molar-refractivity contribution in [3.05, 3.63) is 42.2 Å². The van der Waals surface area contributed by atoms with Gasteiger partial charge in [-0.1, -0.05) is 0 Å². The first-order valence-corrected chi connectivity index (χ1v) is 7.52. The maximum atomic E-state index is 13.6. The van der Waals surface area contributed by atoms with Crippen LogP contribution in [0.2, 0.25) is 0 Å². The molecule has 2 rings (SSSR count). The molecule has 0 saturated heterocycles. The number of rotatable bonds is 5. The van der Waals surface area contributed by atoms with Crippen molar-refractivity contribution in [1.29, 1.82) is 0 Å². The van der Waals surface area contributed by atoms with Gasteiger partial charge in [0.05, 0.1) is 12.2 Å². The van der Waals surface area contributed by atoms with Gasteiger partial charge in [-0.2, -0.15) is 5.10 Å². The Labute approximate surface area is 120 Å². The van der Waals surface area contributed by atoms with Crippen LogP contribution >= 0.6 is 0 Å². The van der Waals surface area contributed by atoms with Crippen LogP contribution in [0.25, 0.3) is 0 Å². The Bertz CT molecular complexity index is 732. The number of sulfonamides is 1. The molecule has 21 heavy (non-hydrogen) atoms. The number of halogens is 2. The molecule has 0 amide bonds. The molecular formula is C12H14F2N4O2S. The quantitative estimate of drug-likeness (QED) is 0.809. The van der Waals surface area contributed by atoms with Crippen molar-refractivity contribution in [1.82, 2.24) is 14.5 Å². The van der Waals surface area contributed by atoms with Gasteiger partial charge in [0.1, 0.15) is 16.5 Å². The SMILES string of the molecule is CC(Cn1cccn1)NS(=O)(=O)c1cc(N)c(F)cc1F. The van der Waals surface area contributed by atoms with Crippen LogP contribution in [0.15, 0.2) is 35.5 Å². The first-order valence-electron chi connectivity index (χ1n) is 6.04. The molecule has 0 aliphatic carbocycles. The molecule has 1 heterocycles.